The van der Waals surface area contributed by atoms with Crippen molar-refractivity contribution in [2.75, 3.05) is 20.1 Å². The van der Waals surface area contributed by atoms with Crippen molar-refractivity contribution in [2.24, 2.45) is 5.73 Å². The third-order valence-electron chi connectivity index (χ3n) is 2.29. The van der Waals surface area contributed by atoms with Gasteiger partial charge in [-0.05, 0) is 18.5 Å². The van der Waals surface area contributed by atoms with E-state index in [-0.39, 0.29) is 5.56 Å². The third kappa shape index (κ3) is 2.29. The number of hydrogen-bond acceptors (Lipinski definition) is 5. The maximum absolute atomic E-state index is 11.7. The molecule has 0 fully saturated rings. The van der Waals surface area contributed by atoms with Crippen molar-refractivity contribution >= 4 is 21.6 Å². The van der Waals surface area contributed by atoms with Crippen LogP contribution in [0.4, 0.5) is 0 Å². The van der Waals surface area contributed by atoms with Crippen LogP contribution in [0.5, 0.6) is 0 Å². The standard InChI is InChI=1S/C10H14N4OS/c1-14(4-3-11)6-8-12-7-2-5-16-9(7)10(15)13-8/h2,5H,3-4,6,11H2,1H3,(H,12,13,15). The largest absolute Gasteiger partial charge is 0.329 e. The van der Waals surface area contributed by atoms with Gasteiger partial charge in [0.2, 0.25) is 0 Å². The first-order chi connectivity index (χ1) is 7.70. The van der Waals surface area contributed by atoms with E-state index in [1.807, 2.05) is 23.4 Å². The predicted octanol–water partition coefficient (Wildman–Crippen LogP) is 0.375. The van der Waals surface area contributed by atoms with Crippen molar-refractivity contribution in [3.63, 3.8) is 0 Å². The molecule has 6 heteroatoms. The molecule has 3 N–H and O–H groups in total. The van der Waals surface area contributed by atoms with Crippen LogP contribution < -0.4 is 11.3 Å². The van der Waals surface area contributed by atoms with E-state index in [4.69, 9.17) is 5.73 Å². The number of hydrogen-bond donors (Lipinski definition) is 2. The highest BCUT2D eigenvalue weighted by molar-refractivity contribution is 7.17. The van der Waals surface area contributed by atoms with Crippen LogP contribution in [0.15, 0.2) is 16.2 Å². The van der Waals surface area contributed by atoms with E-state index in [2.05, 4.69) is 9.97 Å². The van der Waals surface area contributed by atoms with Gasteiger partial charge in [0.05, 0.1) is 12.1 Å². The number of likely N-dealkylation sites (N-methyl/N-ethyl adjacent to an activating group) is 1. The van der Waals surface area contributed by atoms with Gasteiger partial charge in [-0.3, -0.25) is 9.69 Å². The Morgan fingerprint density at radius 1 is 1.62 bits per heavy atom. The number of thiophene rings is 1. The molecule has 0 atom stereocenters. The highest BCUT2D eigenvalue weighted by atomic mass is 32.1. The molecule has 2 aromatic rings. The van der Waals surface area contributed by atoms with Crippen molar-refractivity contribution < 1.29 is 0 Å². The van der Waals surface area contributed by atoms with Gasteiger partial charge in [-0.15, -0.1) is 11.3 Å². The Morgan fingerprint density at radius 3 is 3.19 bits per heavy atom. The van der Waals surface area contributed by atoms with E-state index in [0.29, 0.717) is 23.6 Å². The van der Waals surface area contributed by atoms with Gasteiger partial charge in [0, 0.05) is 13.1 Å². The molecule has 5 nitrogen and oxygen atoms in total. The zero-order valence-electron chi connectivity index (χ0n) is 9.06. The molecule has 0 aliphatic heterocycles. The van der Waals surface area contributed by atoms with E-state index in [1.165, 1.54) is 11.3 Å². The molecule has 0 bridgehead atoms. The van der Waals surface area contributed by atoms with Gasteiger partial charge in [-0.1, -0.05) is 0 Å². The minimum Gasteiger partial charge on any atom is -0.329 e. The Hall–Kier alpha value is -1.24. The third-order valence-corrected chi connectivity index (χ3v) is 3.20. The van der Waals surface area contributed by atoms with E-state index >= 15 is 0 Å². The summed E-state index contributed by atoms with van der Waals surface area (Å²) in [5.41, 5.74) is 6.16. The molecule has 0 aliphatic carbocycles. The number of nitrogens with zero attached hydrogens (tertiary/aromatic N) is 2. The minimum absolute atomic E-state index is 0.0591. The normalized spacial score (nSPS) is 11.4. The quantitative estimate of drug-likeness (QED) is 0.807. The Morgan fingerprint density at radius 2 is 2.44 bits per heavy atom. The summed E-state index contributed by atoms with van der Waals surface area (Å²) in [5, 5.41) is 1.88. The zero-order valence-corrected chi connectivity index (χ0v) is 9.88. The minimum atomic E-state index is -0.0591. The Kier molecular flexibility index (Phi) is 3.33. The summed E-state index contributed by atoms with van der Waals surface area (Å²) in [6, 6.07) is 1.86. The van der Waals surface area contributed by atoms with Crippen molar-refractivity contribution in [1.82, 2.24) is 14.9 Å². The van der Waals surface area contributed by atoms with Crippen molar-refractivity contribution in [2.45, 2.75) is 6.54 Å². The molecule has 0 radical (unpaired) electrons. The number of aromatic nitrogens is 2. The van der Waals surface area contributed by atoms with Crippen LogP contribution in [0, 0.1) is 0 Å². The second-order valence-corrected chi connectivity index (χ2v) is 4.59. The summed E-state index contributed by atoms with van der Waals surface area (Å²) in [7, 11) is 1.95. The van der Waals surface area contributed by atoms with Crippen LogP contribution in [0.25, 0.3) is 10.2 Å². The fourth-order valence-electron chi connectivity index (χ4n) is 1.55. The lowest BCUT2D eigenvalue weighted by atomic mass is 10.4. The monoisotopic (exact) mass is 238 g/mol. The van der Waals surface area contributed by atoms with Gasteiger partial charge in [-0.2, -0.15) is 0 Å². The van der Waals surface area contributed by atoms with Crippen molar-refractivity contribution in [3.8, 4) is 0 Å². The zero-order chi connectivity index (χ0) is 11.5. The fourth-order valence-corrected chi connectivity index (χ4v) is 2.28. The number of rotatable bonds is 4. The van der Waals surface area contributed by atoms with Gasteiger partial charge in [0.15, 0.2) is 0 Å². The van der Waals surface area contributed by atoms with Gasteiger partial charge < -0.3 is 10.7 Å². The summed E-state index contributed by atoms with van der Waals surface area (Å²) in [6.07, 6.45) is 0. The Balaban J connectivity index is 2.28. The molecule has 0 saturated heterocycles. The molecule has 0 aromatic carbocycles. The molecule has 0 saturated carbocycles. The second-order valence-electron chi connectivity index (χ2n) is 3.67. The van der Waals surface area contributed by atoms with E-state index in [9.17, 15) is 4.79 Å². The predicted molar refractivity (Wildman–Crippen MR) is 65.6 cm³/mol. The number of nitrogens with two attached hydrogens (primary N) is 1. The lowest BCUT2D eigenvalue weighted by Gasteiger charge is -2.14. The fraction of sp³-hybridized carbons (Fsp3) is 0.400. The van der Waals surface area contributed by atoms with Crippen LogP contribution in [0.1, 0.15) is 5.82 Å². The highest BCUT2D eigenvalue weighted by Crippen LogP contribution is 2.13. The van der Waals surface area contributed by atoms with Crippen LogP contribution in [0.2, 0.25) is 0 Å². The molecule has 0 aliphatic rings. The SMILES string of the molecule is CN(CCN)Cc1nc2ccsc2c(=O)[nH]1. The number of fused-ring (bicyclic) bond motifs is 1. The lowest BCUT2D eigenvalue weighted by molar-refractivity contribution is 0.327. The first-order valence-corrected chi connectivity index (χ1v) is 5.93. The molecule has 0 spiro atoms. The molecular weight excluding hydrogens is 224 g/mol. The van der Waals surface area contributed by atoms with Gasteiger partial charge in [0.25, 0.3) is 5.56 Å². The van der Waals surface area contributed by atoms with Crippen LogP contribution in [-0.2, 0) is 6.54 Å². The molecule has 2 heterocycles. The summed E-state index contributed by atoms with van der Waals surface area (Å²) >= 11 is 1.41. The maximum atomic E-state index is 11.7. The van der Waals surface area contributed by atoms with Gasteiger partial charge in [-0.25, -0.2) is 4.98 Å². The molecule has 2 rings (SSSR count). The number of nitrogens with one attached hydrogen (secondary N) is 1. The first kappa shape index (κ1) is 11.3. The van der Waals surface area contributed by atoms with Crippen LogP contribution in [0.3, 0.4) is 0 Å². The summed E-state index contributed by atoms with van der Waals surface area (Å²) in [5.74, 6) is 0.687. The average Bonchev–Trinajstić information content (AvgIpc) is 2.66. The van der Waals surface area contributed by atoms with Crippen molar-refractivity contribution in [1.29, 1.82) is 0 Å². The smallest absolute Gasteiger partial charge is 0.268 e. The second kappa shape index (κ2) is 4.73. The number of aromatic amines is 1. The first-order valence-electron chi connectivity index (χ1n) is 5.05. The Labute approximate surface area is 96.9 Å². The van der Waals surface area contributed by atoms with Crippen LogP contribution in [-0.4, -0.2) is 35.0 Å². The molecular formula is C10H14N4OS. The summed E-state index contributed by atoms with van der Waals surface area (Å²) in [4.78, 5) is 20.9. The number of H-pyrrole nitrogens is 1. The topological polar surface area (TPSA) is 75.0 Å². The van der Waals surface area contributed by atoms with E-state index in [1.54, 1.807) is 0 Å². The Bertz CT molecular complexity index is 533. The maximum Gasteiger partial charge on any atom is 0.268 e. The molecule has 0 unspecified atom stereocenters. The lowest BCUT2D eigenvalue weighted by Crippen LogP contribution is -2.27. The van der Waals surface area contributed by atoms with Crippen molar-refractivity contribution in [3.05, 3.63) is 27.6 Å². The molecule has 2 aromatic heterocycles. The van der Waals surface area contributed by atoms with E-state index in [0.717, 1.165) is 12.1 Å². The summed E-state index contributed by atoms with van der Waals surface area (Å²) in [6.45, 7) is 1.99. The average molecular weight is 238 g/mol. The molecule has 86 valence electrons. The van der Waals surface area contributed by atoms with Crippen LogP contribution >= 0.6 is 11.3 Å². The highest BCUT2D eigenvalue weighted by Gasteiger charge is 2.06. The van der Waals surface area contributed by atoms with Gasteiger partial charge in [0.1, 0.15) is 10.5 Å². The van der Waals surface area contributed by atoms with Gasteiger partial charge >= 0.3 is 0 Å². The van der Waals surface area contributed by atoms with E-state index < -0.39 is 0 Å². The molecule has 16 heavy (non-hydrogen) atoms. The molecule has 0 amide bonds. The summed E-state index contributed by atoms with van der Waals surface area (Å²) < 4.78 is 0.685.